The summed E-state index contributed by atoms with van der Waals surface area (Å²) in [6.45, 7) is 1.98. The highest BCUT2D eigenvalue weighted by Crippen LogP contribution is 2.31. The Hall–Kier alpha value is -1.41. The molecule has 1 saturated heterocycles. The minimum Gasteiger partial charge on any atom is -0.467 e. The molecule has 0 radical (unpaired) electrons. The Balaban J connectivity index is 1.52. The molecule has 1 aromatic carbocycles. The molecule has 2 aromatic rings. The van der Waals surface area contributed by atoms with Crippen molar-refractivity contribution in [2.75, 3.05) is 26.7 Å². The summed E-state index contributed by atoms with van der Waals surface area (Å²) in [5.74, 6) is -0.130. The molecule has 1 N–H and O–H groups in total. The van der Waals surface area contributed by atoms with Gasteiger partial charge in [0.2, 0.25) is 0 Å². The Morgan fingerprint density at radius 2 is 2.26 bits per heavy atom. The number of thiazole rings is 1. The number of amides is 1. The van der Waals surface area contributed by atoms with Gasteiger partial charge in [-0.05, 0) is 31.0 Å². The van der Waals surface area contributed by atoms with Gasteiger partial charge in [-0.1, -0.05) is 22.9 Å². The monoisotopic (exact) mass is 355 g/mol. The second-order valence-corrected chi connectivity index (χ2v) is 6.84. The fraction of sp³-hybridized carbons (Fsp3) is 0.467. The van der Waals surface area contributed by atoms with E-state index in [2.05, 4.69) is 20.2 Å². The molecule has 0 bridgehead atoms. The maximum absolute atomic E-state index is 11.5. The maximum Gasteiger partial charge on any atom is 0.274 e. The van der Waals surface area contributed by atoms with Gasteiger partial charge in [-0.25, -0.2) is 10.5 Å². The molecule has 0 saturated carbocycles. The van der Waals surface area contributed by atoms with Gasteiger partial charge in [0, 0.05) is 18.1 Å². The van der Waals surface area contributed by atoms with Gasteiger partial charge in [0.1, 0.15) is 6.10 Å². The summed E-state index contributed by atoms with van der Waals surface area (Å²) in [5, 5.41) is 1.38. The molecule has 2 heterocycles. The molecule has 1 amide bonds. The normalized spacial score (nSPS) is 16.6. The van der Waals surface area contributed by atoms with Crippen molar-refractivity contribution in [3.63, 3.8) is 0 Å². The number of halogens is 1. The van der Waals surface area contributed by atoms with Crippen LogP contribution >= 0.6 is 22.9 Å². The zero-order valence-corrected chi connectivity index (χ0v) is 14.3. The molecule has 6 nitrogen and oxygen atoms in total. The zero-order valence-electron chi connectivity index (χ0n) is 12.8. The number of fused-ring (bicyclic) bond motifs is 1. The molecular weight excluding hydrogens is 338 g/mol. The number of rotatable bonds is 5. The van der Waals surface area contributed by atoms with Crippen molar-refractivity contribution in [3.05, 3.63) is 23.2 Å². The second-order valence-electron chi connectivity index (χ2n) is 5.41. The highest BCUT2D eigenvalue weighted by Gasteiger charge is 2.23. The third-order valence-electron chi connectivity index (χ3n) is 3.72. The number of likely N-dealkylation sites (tertiary alicyclic amines) is 1. The molecular formula is C15H18ClN3O3S. The number of piperidine rings is 1. The van der Waals surface area contributed by atoms with Crippen molar-refractivity contribution in [1.29, 1.82) is 0 Å². The lowest BCUT2D eigenvalue weighted by molar-refractivity contribution is -0.133. The van der Waals surface area contributed by atoms with Crippen LogP contribution in [0.5, 0.6) is 5.19 Å². The van der Waals surface area contributed by atoms with Gasteiger partial charge in [0.25, 0.3) is 11.1 Å². The van der Waals surface area contributed by atoms with E-state index >= 15 is 0 Å². The van der Waals surface area contributed by atoms with Crippen LogP contribution in [0, 0.1) is 0 Å². The molecule has 0 spiro atoms. The van der Waals surface area contributed by atoms with Gasteiger partial charge in [0.05, 0.1) is 23.9 Å². The van der Waals surface area contributed by atoms with Crippen molar-refractivity contribution in [2.45, 2.75) is 18.9 Å². The third kappa shape index (κ3) is 4.32. The van der Waals surface area contributed by atoms with Crippen molar-refractivity contribution < 1.29 is 14.4 Å². The fourth-order valence-corrected chi connectivity index (χ4v) is 3.76. The summed E-state index contributed by atoms with van der Waals surface area (Å²) >= 11 is 7.50. The minimum absolute atomic E-state index is 0.130. The molecule has 1 fully saturated rings. The molecule has 124 valence electrons. The van der Waals surface area contributed by atoms with Gasteiger partial charge in [0.15, 0.2) is 0 Å². The van der Waals surface area contributed by atoms with E-state index in [1.54, 1.807) is 0 Å². The Morgan fingerprint density at radius 3 is 3.00 bits per heavy atom. The number of aromatic nitrogens is 1. The minimum atomic E-state index is -0.130. The topological polar surface area (TPSA) is 63.7 Å². The second kappa shape index (κ2) is 7.44. The molecule has 1 aliphatic rings. The van der Waals surface area contributed by atoms with E-state index in [-0.39, 0.29) is 12.0 Å². The quantitative estimate of drug-likeness (QED) is 0.835. The molecule has 3 rings (SSSR count). The van der Waals surface area contributed by atoms with Crippen molar-refractivity contribution in [2.24, 2.45) is 0 Å². The lowest BCUT2D eigenvalue weighted by Gasteiger charge is -2.30. The molecule has 8 heteroatoms. The smallest absolute Gasteiger partial charge is 0.274 e. The lowest BCUT2D eigenvalue weighted by Crippen LogP contribution is -2.43. The summed E-state index contributed by atoms with van der Waals surface area (Å²) in [6, 6.07) is 5.63. The van der Waals surface area contributed by atoms with E-state index < -0.39 is 0 Å². The first kappa shape index (κ1) is 16.4. The lowest BCUT2D eigenvalue weighted by atomic mass is 10.1. The van der Waals surface area contributed by atoms with Gasteiger partial charge in [-0.2, -0.15) is 0 Å². The summed E-state index contributed by atoms with van der Waals surface area (Å²) in [6.07, 6.45) is 1.88. The zero-order chi connectivity index (χ0) is 16.2. The number of ether oxygens (including phenoxy) is 1. The predicted molar refractivity (Wildman–Crippen MR) is 89.9 cm³/mol. The Morgan fingerprint density at radius 1 is 1.48 bits per heavy atom. The molecule has 23 heavy (non-hydrogen) atoms. The number of nitrogens with zero attached hydrogens (tertiary/aromatic N) is 2. The van der Waals surface area contributed by atoms with E-state index in [1.807, 2.05) is 18.2 Å². The first-order valence-corrected chi connectivity index (χ1v) is 8.60. The van der Waals surface area contributed by atoms with E-state index in [1.165, 1.54) is 18.4 Å². The number of hydrogen-bond acceptors (Lipinski definition) is 6. The van der Waals surface area contributed by atoms with Gasteiger partial charge in [-0.3, -0.25) is 14.5 Å². The van der Waals surface area contributed by atoms with Gasteiger partial charge >= 0.3 is 0 Å². The molecule has 0 aliphatic carbocycles. The molecule has 1 aromatic heterocycles. The maximum atomic E-state index is 11.5. The number of benzene rings is 1. The average molecular weight is 356 g/mol. The largest absolute Gasteiger partial charge is 0.467 e. The van der Waals surface area contributed by atoms with Crippen LogP contribution < -0.4 is 10.2 Å². The van der Waals surface area contributed by atoms with E-state index in [4.69, 9.17) is 16.3 Å². The van der Waals surface area contributed by atoms with Gasteiger partial charge in [-0.15, -0.1) is 0 Å². The average Bonchev–Trinajstić information content (AvgIpc) is 2.91. The highest BCUT2D eigenvalue weighted by atomic mass is 35.5. The van der Waals surface area contributed by atoms with Crippen LogP contribution in [0.15, 0.2) is 18.2 Å². The van der Waals surface area contributed by atoms with Crippen LogP contribution in [-0.2, 0) is 9.63 Å². The SMILES string of the molecule is CONC(=O)CN1CCC(Oc2nc3ccc(Cl)cc3s2)CC1. The van der Waals surface area contributed by atoms with Gasteiger partial charge < -0.3 is 4.74 Å². The summed E-state index contributed by atoms with van der Waals surface area (Å²) in [7, 11) is 1.43. The van der Waals surface area contributed by atoms with Crippen LogP contribution in [0.4, 0.5) is 0 Å². The van der Waals surface area contributed by atoms with Crippen LogP contribution in [-0.4, -0.2) is 48.6 Å². The summed E-state index contributed by atoms with van der Waals surface area (Å²) < 4.78 is 7.02. The number of carbonyl (C=O) groups excluding carboxylic acids is 1. The number of nitrogens with one attached hydrogen (secondary N) is 1. The highest BCUT2D eigenvalue weighted by molar-refractivity contribution is 7.20. The standard InChI is InChI=1S/C15H18ClN3O3S/c1-21-18-14(20)9-19-6-4-11(5-7-19)22-15-17-12-3-2-10(16)8-13(12)23-15/h2-3,8,11H,4-7,9H2,1H3,(H,18,20). The van der Waals surface area contributed by atoms with E-state index in [0.717, 1.165) is 36.1 Å². The van der Waals surface area contributed by atoms with Crippen LogP contribution in [0.3, 0.4) is 0 Å². The number of hydrogen-bond donors (Lipinski definition) is 1. The predicted octanol–water partition coefficient (Wildman–Crippen LogP) is 2.47. The van der Waals surface area contributed by atoms with Crippen LogP contribution in [0.1, 0.15) is 12.8 Å². The molecule has 1 aliphatic heterocycles. The molecule has 0 unspecified atom stereocenters. The third-order valence-corrected chi connectivity index (χ3v) is 4.86. The van der Waals surface area contributed by atoms with Crippen molar-refractivity contribution >= 4 is 39.1 Å². The summed E-state index contributed by atoms with van der Waals surface area (Å²) in [5.41, 5.74) is 3.24. The van der Waals surface area contributed by atoms with E-state index in [9.17, 15) is 4.79 Å². The Kier molecular flexibility index (Phi) is 5.32. The number of hydroxylamine groups is 1. The fourth-order valence-electron chi connectivity index (χ4n) is 2.60. The molecule has 0 atom stereocenters. The number of carbonyl (C=O) groups is 1. The first-order valence-electron chi connectivity index (χ1n) is 7.41. The Bertz CT molecular complexity index is 686. The van der Waals surface area contributed by atoms with Crippen molar-refractivity contribution in [1.82, 2.24) is 15.4 Å². The summed E-state index contributed by atoms with van der Waals surface area (Å²) in [4.78, 5) is 22.7. The Labute approximate surface area is 143 Å². The van der Waals surface area contributed by atoms with Crippen molar-refractivity contribution in [3.8, 4) is 5.19 Å². The first-order chi connectivity index (χ1) is 11.1. The van der Waals surface area contributed by atoms with Crippen LogP contribution in [0.25, 0.3) is 10.2 Å². The van der Waals surface area contributed by atoms with E-state index in [0.29, 0.717) is 16.8 Å². The van der Waals surface area contributed by atoms with Crippen LogP contribution in [0.2, 0.25) is 5.02 Å².